The van der Waals surface area contributed by atoms with Gasteiger partial charge >= 0.3 is 7.82 Å². The monoisotopic (exact) mass is 139 g/mol. The van der Waals surface area contributed by atoms with Crippen LogP contribution in [0.3, 0.4) is 0 Å². The summed E-state index contributed by atoms with van der Waals surface area (Å²) in [5, 5.41) is 0. The molecular weight excluding hydrogens is 133 g/mol. The molecule has 0 bridgehead atoms. The van der Waals surface area contributed by atoms with E-state index >= 15 is 0 Å². The third-order valence-corrected chi connectivity index (χ3v) is 0. The van der Waals surface area contributed by atoms with Crippen LogP contribution in [-0.2, 0) is 4.57 Å². The second-order valence-corrected chi connectivity index (χ2v) is 1.54. The molecule has 7 heteroatoms. The first-order valence-corrected chi connectivity index (χ1v) is 2.35. The van der Waals surface area contributed by atoms with Gasteiger partial charge in [-0.05, 0) is 0 Å². The minimum atomic E-state index is -4.64. The number of rotatable bonds is 0. The van der Waals surface area contributed by atoms with Crippen LogP contribution >= 0.6 is 7.82 Å². The summed E-state index contributed by atoms with van der Waals surface area (Å²) in [4.78, 5) is 21.6. The highest BCUT2D eigenvalue weighted by atomic mass is 31.2. The van der Waals surface area contributed by atoms with E-state index in [2.05, 4.69) is 0 Å². The Bertz CT molecular complexity index is 57.8. The van der Waals surface area contributed by atoms with E-state index in [9.17, 15) is 0 Å². The molecule has 0 heterocycles. The fourth-order valence-corrected chi connectivity index (χ4v) is 0. The Kier molecular flexibility index (Phi) is 10.9. The molecule has 0 aliphatic carbocycles. The molecule has 4 nitrogen and oxygen atoms in total. The van der Waals surface area contributed by atoms with Gasteiger partial charge in [0.2, 0.25) is 0 Å². The van der Waals surface area contributed by atoms with Gasteiger partial charge in [-0.25, -0.2) is 4.57 Å². The predicted molar refractivity (Wildman–Crippen MR) is 30.0 cm³/mol. The van der Waals surface area contributed by atoms with Crippen LogP contribution in [0.2, 0.25) is 0 Å². The third kappa shape index (κ3) is 297. The molecule has 3 radical (unpaired) electrons. The zero-order valence-electron chi connectivity index (χ0n) is 2.77. The summed E-state index contributed by atoms with van der Waals surface area (Å²) >= 11 is 0. The Labute approximate surface area is 53.5 Å². The van der Waals surface area contributed by atoms with E-state index in [1.807, 2.05) is 0 Å². The topological polar surface area (TPSA) is 77.8 Å². The van der Waals surface area contributed by atoms with Gasteiger partial charge in [0, 0.05) is 8.41 Å². The van der Waals surface area contributed by atoms with Crippen LogP contribution < -0.4 is 0 Å². The van der Waals surface area contributed by atoms with Crippen LogP contribution in [0.4, 0.5) is 0 Å². The molecule has 0 fully saturated rings. The molecule has 3 N–H and O–H groups in total. The Morgan fingerprint density at radius 2 is 1.14 bits per heavy atom. The maximum atomic E-state index is 8.88. The molecule has 0 aliphatic heterocycles. The second kappa shape index (κ2) is 4.86. The first kappa shape index (κ1) is 15.6. The Hall–Kier alpha value is 0.707. The molecule has 0 aliphatic rings. The average Bonchev–Trinajstić information content (AvgIpc) is 0.722. The molecule has 0 aromatic heterocycles. The van der Waals surface area contributed by atoms with Crippen molar-refractivity contribution in [3.63, 3.8) is 0 Å². The summed E-state index contributed by atoms with van der Waals surface area (Å²) in [5.74, 6) is 0. The lowest BCUT2D eigenvalue weighted by atomic mass is 10.8. The summed E-state index contributed by atoms with van der Waals surface area (Å²) in [6.07, 6.45) is 0. The van der Waals surface area contributed by atoms with Gasteiger partial charge in [0.25, 0.3) is 0 Å². The van der Waals surface area contributed by atoms with Crippen molar-refractivity contribution in [2.24, 2.45) is 0 Å². The molecule has 0 saturated heterocycles. The standard InChI is InChI=1S/Al.B.H3O4P.3H/c;;1-5(2,3)4;;;/h;;(H3,1,2,3,4);;;. The molecule has 0 aromatic carbocycles. The molecule has 0 unspecified atom stereocenters. The summed E-state index contributed by atoms with van der Waals surface area (Å²) in [5.41, 5.74) is 0. The minimum absolute atomic E-state index is 0. The predicted octanol–water partition coefficient (Wildman–Crippen LogP) is -2.49. The van der Waals surface area contributed by atoms with Crippen molar-refractivity contribution < 1.29 is 19.2 Å². The van der Waals surface area contributed by atoms with Crippen molar-refractivity contribution in [1.82, 2.24) is 0 Å². The van der Waals surface area contributed by atoms with E-state index in [0.29, 0.717) is 0 Å². The quantitative estimate of drug-likeness (QED) is 0.256. The smallest absolute Gasteiger partial charge is 0.303 e. The van der Waals surface area contributed by atoms with Crippen LogP contribution in [0.25, 0.3) is 0 Å². The first-order chi connectivity index (χ1) is 2.00. The van der Waals surface area contributed by atoms with E-state index in [4.69, 9.17) is 19.2 Å². The van der Waals surface area contributed by atoms with Gasteiger partial charge in [-0.3, -0.25) is 0 Å². The molecule has 0 rings (SSSR count). The Morgan fingerprint density at radius 1 is 1.14 bits per heavy atom. The molecule has 0 aromatic rings. The van der Waals surface area contributed by atoms with Crippen LogP contribution in [0.5, 0.6) is 0 Å². The van der Waals surface area contributed by atoms with Crippen LogP contribution in [-0.4, -0.2) is 40.5 Å². The highest BCUT2D eigenvalue weighted by molar-refractivity contribution is 7.45. The fraction of sp³-hybridized carbons (Fsp3) is 0. The minimum Gasteiger partial charge on any atom is -0.303 e. The van der Waals surface area contributed by atoms with Crippen molar-refractivity contribution in [2.75, 3.05) is 0 Å². The van der Waals surface area contributed by atoms with Gasteiger partial charge < -0.3 is 14.7 Å². The largest absolute Gasteiger partial charge is 0.466 e. The van der Waals surface area contributed by atoms with Crippen LogP contribution in [0, 0.1) is 0 Å². The lowest BCUT2D eigenvalue weighted by Crippen LogP contribution is -1.66. The summed E-state index contributed by atoms with van der Waals surface area (Å²) in [6.45, 7) is 0. The lowest BCUT2D eigenvalue weighted by molar-refractivity contribution is 0.275. The molecule has 0 saturated carbocycles. The highest BCUT2D eigenvalue weighted by Crippen LogP contribution is 2.25. The summed E-state index contributed by atoms with van der Waals surface area (Å²) in [7, 11) is -4.64. The molecule has 41 valence electrons. The number of hydrogen-bond acceptors (Lipinski definition) is 1. The number of phosphoric acid groups is 1. The van der Waals surface area contributed by atoms with Crippen molar-refractivity contribution in [2.45, 2.75) is 0 Å². The fourth-order valence-electron chi connectivity index (χ4n) is 0. The maximum Gasteiger partial charge on any atom is 0.466 e. The van der Waals surface area contributed by atoms with Crippen molar-refractivity contribution in [3.05, 3.63) is 0 Å². The summed E-state index contributed by atoms with van der Waals surface area (Å²) < 4.78 is 8.88. The molecule has 0 atom stereocenters. The summed E-state index contributed by atoms with van der Waals surface area (Å²) in [6, 6.07) is 0. The van der Waals surface area contributed by atoms with Gasteiger partial charge in [0.15, 0.2) is 17.4 Å². The van der Waals surface area contributed by atoms with E-state index in [1.54, 1.807) is 0 Å². The van der Waals surface area contributed by atoms with Crippen molar-refractivity contribution >= 4 is 33.6 Å². The Morgan fingerprint density at radius 3 is 1.14 bits per heavy atom. The van der Waals surface area contributed by atoms with Crippen molar-refractivity contribution in [3.8, 4) is 0 Å². The van der Waals surface area contributed by atoms with E-state index < -0.39 is 7.82 Å². The SMILES string of the molecule is O=P(O)(O)O.[AlH3].[B]. The van der Waals surface area contributed by atoms with Crippen molar-refractivity contribution in [1.29, 1.82) is 0 Å². The van der Waals surface area contributed by atoms with Gasteiger partial charge in [0.1, 0.15) is 0 Å². The van der Waals surface area contributed by atoms with Gasteiger partial charge in [-0.1, -0.05) is 0 Å². The van der Waals surface area contributed by atoms with Crippen LogP contribution in [0.15, 0.2) is 0 Å². The average molecular weight is 139 g/mol. The zero-order chi connectivity index (χ0) is 4.50. The van der Waals surface area contributed by atoms with Gasteiger partial charge in [-0.2, -0.15) is 0 Å². The van der Waals surface area contributed by atoms with Crippen LogP contribution in [0.1, 0.15) is 0 Å². The molecule has 0 spiro atoms. The van der Waals surface area contributed by atoms with E-state index in [-0.39, 0.29) is 25.8 Å². The second-order valence-electron chi connectivity index (χ2n) is 0.513. The Balaban J connectivity index is -0.0000000800. The highest BCUT2D eigenvalue weighted by Gasteiger charge is 2.00. The molecular formula is H6AlBO4P. The zero-order valence-corrected chi connectivity index (χ0v) is 3.67. The van der Waals surface area contributed by atoms with Gasteiger partial charge in [0.05, 0.1) is 0 Å². The van der Waals surface area contributed by atoms with E-state index in [1.165, 1.54) is 0 Å². The normalized spacial score (nSPS) is 8.43. The molecule has 7 heavy (non-hydrogen) atoms. The first-order valence-electron chi connectivity index (χ1n) is 0.783. The number of hydrogen-bond donors (Lipinski definition) is 3. The molecule has 0 amide bonds. The van der Waals surface area contributed by atoms with E-state index in [0.717, 1.165) is 0 Å². The maximum absolute atomic E-state index is 8.88. The lowest BCUT2D eigenvalue weighted by Gasteiger charge is -1.82. The third-order valence-electron chi connectivity index (χ3n) is 0. The van der Waals surface area contributed by atoms with Gasteiger partial charge in [-0.15, -0.1) is 0 Å².